The molecule has 0 radical (unpaired) electrons. The zero-order valence-electron chi connectivity index (χ0n) is 10.3. The number of carbonyl (C=O) groups is 2. The Labute approximate surface area is 97.4 Å². The van der Waals surface area contributed by atoms with E-state index in [1.54, 1.807) is 7.05 Å². The predicted octanol–water partition coefficient (Wildman–Crippen LogP) is 0.0185. The van der Waals surface area contributed by atoms with Gasteiger partial charge in [-0.3, -0.25) is 9.59 Å². The first-order valence-electron chi connectivity index (χ1n) is 5.82. The first-order valence-corrected chi connectivity index (χ1v) is 5.82. The maximum absolute atomic E-state index is 11.2. The molecule has 0 aromatic rings. The Bertz CT molecular complexity index is 207. The summed E-state index contributed by atoms with van der Waals surface area (Å²) in [6.45, 7) is 1.42. The molecule has 0 aliphatic heterocycles. The van der Waals surface area contributed by atoms with Crippen LogP contribution in [0.15, 0.2) is 0 Å². The van der Waals surface area contributed by atoms with Crippen LogP contribution in [-0.4, -0.2) is 39.0 Å². The summed E-state index contributed by atoms with van der Waals surface area (Å²) in [5.41, 5.74) is 0. The van der Waals surface area contributed by atoms with Gasteiger partial charge in [-0.25, -0.2) is 0 Å². The molecule has 94 valence electrons. The van der Waals surface area contributed by atoms with E-state index in [1.165, 1.54) is 0 Å². The highest BCUT2D eigenvalue weighted by Gasteiger charge is 2.00. The van der Waals surface area contributed by atoms with Crippen LogP contribution in [0.25, 0.3) is 0 Å². The van der Waals surface area contributed by atoms with Crippen molar-refractivity contribution in [3.8, 4) is 0 Å². The summed E-state index contributed by atoms with van der Waals surface area (Å²) < 4.78 is 0. The zero-order chi connectivity index (χ0) is 12.2. The van der Waals surface area contributed by atoms with Gasteiger partial charge in [0, 0.05) is 33.0 Å². The van der Waals surface area contributed by atoms with Crippen molar-refractivity contribution >= 4 is 11.8 Å². The standard InChI is InChI=1S/C11H23N3O2/c1-12-9-7-11(16)14-8-5-3-4-6-10(15)13-2/h12H,3-9H2,1-2H3,(H,13,15)(H,14,16). The molecule has 0 atom stereocenters. The largest absolute Gasteiger partial charge is 0.359 e. The Morgan fingerprint density at radius 1 is 0.875 bits per heavy atom. The topological polar surface area (TPSA) is 70.2 Å². The highest BCUT2D eigenvalue weighted by molar-refractivity contribution is 5.76. The van der Waals surface area contributed by atoms with Crippen LogP contribution in [0.2, 0.25) is 0 Å². The van der Waals surface area contributed by atoms with Crippen molar-refractivity contribution in [3.05, 3.63) is 0 Å². The van der Waals surface area contributed by atoms with E-state index in [2.05, 4.69) is 16.0 Å². The van der Waals surface area contributed by atoms with Gasteiger partial charge in [0.15, 0.2) is 0 Å². The number of amides is 2. The number of hydrogen-bond acceptors (Lipinski definition) is 3. The van der Waals surface area contributed by atoms with Crippen LogP contribution in [0.1, 0.15) is 32.1 Å². The lowest BCUT2D eigenvalue weighted by Gasteiger charge is -2.04. The summed E-state index contributed by atoms with van der Waals surface area (Å²) in [7, 11) is 3.47. The normalized spacial score (nSPS) is 9.88. The number of carbonyl (C=O) groups excluding carboxylic acids is 2. The summed E-state index contributed by atoms with van der Waals surface area (Å²) >= 11 is 0. The minimum atomic E-state index is 0.0815. The van der Waals surface area contributed by atoms with E-state index in [4.69, 9.17) is 0 Å². The second-order valence-corrected chi connectivity index (χ2v) is 3.69. The Hall–Kier alpha value is -1.10. The molecule has 0 aromatic heterocycles. The van der Waals surface area contributed by atoms with Gasteiger partial charge in [-0.2, -0.15) is 0 Å². The van der Waals surface area contributed by atoms with Crippen molar-refractivity contribution in [2.24, 2.45) is 0 Å². The maximum atomic E-state index is 11.2. The van der Waals surface area contributed by atoms with Crippen LogP contribution >= 0.6 is 0 Å². The van der Waals surface area contributed by atoms with Crippen LogP contribution in [0.5, 0.6) is 0 Å². The van der Waals surface area contributed by atoms with Gasteiger partial charge in [0.1, 0.15) is 0 Å². The van der Waals surface area contributed by atoms with Gasteiger partial charge >= 0.3 is 0 Å². The third-order valence-corrected chi connectivity index (χ3v) is 2.28. The maximum Gasteiger partial charge on any atom is 0.221 e. The van der Waals surface area contributed by atoms with E-state index in [0.29, 0.717) is 25.9 Å². The smallest absolute Gasteiger partial charge is 0.221 e. The van der Waals surface area contributed by atoms with Crippen LogP contribution in [0, 0.1) is 0 Å². The van der Waals surface area contributed by atoms with Gasteiger partial charge in [0.25, 0.3) is 0 Å². The fraction of sp³-hybridized carbons (Fsp3) is 0.818. The highest BCUT2D eigenvalue weighted by Crippen LogP contribution is 1.98. The lowest BCUT2D eigenvalue weighted by atomic mass is 10.2. The molecule has 0 heterocycles. The van der Waals surface area contributed by atoms with Gasteiger partial charge in [-0.15, -0.1) is 0 Å². The highest BCUT2D eigenvalue weighted by atomic mass is 16.2. The number of hydrogen-bond donors (Lipinski definition) is 3. The van der Waals surface area contributed by atoms with E-state index in [9.17, 15) is 9.59 Å². The van der Waals surface area contributed by atoms with Gasteiger partial charge in [-0.05, 0) is 19.9 Å². The summed E-state index contributed by atoms with van der Waals surface area (Å²) in [4.78, 5) is 22.1. The molecule has 0 rings (SSSR count). The molecule has 0 aliphatic carbocycles. The molecule has 0 bridgehead atoms. The monoisotopic (exact) mass is 229 g/mol. The van der Waals surface area contributed by atoms with Crippen LogP contribution in [-0.2, 0) is 9.59 Å². The van der Waals surface area contributed by atoms with Crippen molar-refractivity contribution in [2.75, 3.05) is 27.2 Å². The molecule has 0 saturated carbocycles. The van der Waals surface area contributed by atoms with E-state index in [0.717, 1.165) is 19.3 Å². The molecule has 2 amide bonds. The average Bonchev–Trinajstić information content (AvgIpc) is 2.30. The minimum absolute atomic E-state index is 0.0815. The molecule has 0 fully saturated rings. The van der Waals surface area contributed by atoms with Crippen LogP contribution in [0.3, 0.4) is 0 Å². The van der Waals surface area contributed by atoms with E-state index in [1.807, 2.05) is 7.05 Å². The van der Waals surface area contributed by atoms with Crippen molar-refractivity contribution in [2.45, 2.75) is 32.1 Å². The third-order valence-electron chi connectivity index (χ3n) is 2.28. The van der Waals surface area contributed by atoms with Crippen molar-refractivity contribution in [1.82, 2.24) is 16.0 Å². The van der Waals surface area contributed by atoms with Gasteiger partial charge in [0.2, 0.25) is 11.8 Å². The van der Waals surface area contributed by atoms with E-state index in [-0.39, 0.29) is 11.8 Å². The summed E-state index contributed by atoms with van der Waals surface area (Å²) in [5.74, 6) is 0.165. The quantitative estimate of drug-likeness (QED) is 0.488. The molecular formula is C11H23N3O2. The average molecular weight is 229 g/mol. The Balaban J connectivity index is 3.20. The second kappa shape index (κ2) is 10.4. The molecular weight excluding hydrogens is 206 g/mol. The molecule has 0 spiro atoms. The molecule has 3 N–H and O–H groups in total. The number of unbranched alkanes of at least 4 members (excludes halogenated alkanes) is 2. The lowest BCUT2D eigenvalue weighted by Crippen LogP contribution is -2.27. The Morgan fingerprint density at radius 2 is 1.62 bits per heavy atom. The molecule has 16 heavy (non-hydrogen) atoms. The minimum Gasteiger partial charge on any atom is -0.359 e. The number of nitrogens with one attached hydrogen (secondary N) is 3. The number of rotatable bonds is 9. The first kappa shape index (κ1) is 14.9. The van der Waals surface area contributed by atoms with Gasteiger partial charge in [-0.1, -0.05) is 6.42 Å². The lowest BCUT2D eigenvalue weighted by molar-refractivity contribution is -0.121. The van der Waals surface area contributed by atoms with Crippen LogP contribution in [0.4, 0.5) is 0 Å². The third kappa shape index (κ3) is 9.45. The fourth-order valence-corrected chi connectivity index (χ4v) is 1.27. The molecule has 5 nitrogen and oxygen atoms in total. The summed E-state index contributed by atoms with van der Waals surface area (Å²) in [6.07, 6.45) is 3.88. The van der Waals surface area contributed by atoms with Crippen molar-refractivity contribution < 1.29 is 9.59 Å². The second-order valence-electron chi connectivity index (χ2n) is 3.69. The molecule has 0 aliphatic rings. The fourth-order valence-electron chi connectivity index (χ4n) is 1.27. The molecule has 0 aromatic carbocycles. The predicted molar refractivity (Wildman–Crippen MR) is 64.1 cm³/mol. The van der Waals surface area contributed by atoms with Crippen molar-refractivity contribution in [1.29, 1.82) is 0 Å². The SMILES string of the molecule is CNCCC(=O)NCCCCCC(=O)NC. The molecule has 0 saturated heterocycles. The Morgan fingerprint density at radius 3 is 2.25 bits per heavy atom. The van der Waals surface area contributed by atoms with E-state index >= 15 is 0 Å². The first-order chi connectivity index (χ1) is 7.70. The molecule has 0 unspecified atom stereocenters. The van der Waals surface area contributed by atoms with Crippen molar-refractivity contribution in [3.63, 3.8) is 0 Å². The van der Waals surface area contributed by atoms with Gasteiger partial charge < -0.3 is 16.0 Å². The van der Waals surface area contributed by atoms with Gasteiger partial charge in [0.05, 0.1) is 0 Å². The summed E-state index contributed by atoms with van der Waals surface area (Å²) in [5, 5.41) is 8.34. The summed E-state index contributed by atoms with van der Waals surface area (Å²) in [6, 6.07) is 0. The molecule has 5 heteroatoms. The van der Waals surface area contributed by atoms with Crippen LogP contribution < -0.4 is 16.0 Å². The Kier molecular flexibility index (Phi) is 9.70. The van der Waals surface area contributed by atoms with E-state index < -0.39 is 0 Å². The zero-order valence-corrected chi connectivity index (χ0v) is 10.3.